The van der Waals surface area contributed by atoms with Gasteiger partial charge in [-0.3, -0.25) is 9.69 Å². The molecule has 0 bridgehead atoms. The van der Waals surface area contributed by atoms with E-state index in [-0.39, 0.29) is 6.54 Å². The number of aliphatic carboxylic acids is 1. The summed E-state index contributed by atoms with van der Waals surface area (Å²) in [6, 6.07) is 0.442. The van der Waals surface area contributed by atoms with Gasteiger partial charge in [-0.15, -0.1) is 0 Å². The highest BCUT2D eigenvalue weighted by molar-refractivity contribution is 5.69. The smallest absolute Gasteiger partial charge is 0.317 e. The van der Waals surface area contributed by atoms with Crippen LogP contribution < -0.4 is 0 Å². The number of hydrogen-bond donors (Lipinski definition) is 1. The summed E-state index contributed by atoms with van der Waals surface area (Å²) in [5.41, 5.74) is 0.618. The predicted molar refractivity (Wildman–Crippen MR) is 74.2 cm³/mol. The number of carbonyl (C=O) groups is 1. The molecule has 0 aromatic heterocycles. The van der Waals surface area contributed by atoms with E-state index in [4.69, 9.17) is 9.84 Å². The standard InChI is InChI=1S/C15H27NO3/c1-19-11-10-16(12-14(17)18)13-4-8-15(9-5-13)6-2-3-7-15/h13H,2-12H2,1H3,(H,17,18). The molecular formula is C15H27NO3. The third-order valence-electron chi connectivity index (χ3n) is 5.12. The predicted octanol–water partition coefficient (Wildman–Crippen LogP) is 2.52. The van der Waals surface area contributed by atoms with Crippen molar-refractivity contribution >= 4 is 5.97 Å². The minimum atomic E-state index is -0.725. The molecule has 2 aliphatic rings. The van der Waals surface area contributed by atoms with E-state index in [1.165, 1.54) is 38.5 Å². The molecule has 2 aliphatic carbocycles. The van der Waals surface area contributed by atoms with Crippen molar-refractivity contribution in [3.8, 4) is 0 Å². The van der Waals surface area contributed by atoms with Crippen LogP contribution in [-0.4, -0.2) is 48.8 Å². The molecular weight excluding hydrogens is 242 g/mol. The first kappa shape index (κ1) is 14.8. The molecule has 1 N–H and O–H groups in total. The molecule has 4 heteroatoms. The van der Waals surface area contributed by atoms with Gasteiger partial charge in [0.25, 0.3) is 0 Å². The van der Waals surface area contributed by atoms with E-state index < -0.39 is 5.97 Å². The van der Waals surface area contributed by atoms with Gasteiger partial charge in [-0.1, -0.05) is 12.8 Å². The lowest BCUT2D eigenvalue weighted by Crippen LogP contribution is -2.44. The van der Waals surface area contributed by atoms with E-state index in [2.05, 4.69) is 4.90 Å². The van der Waals surface area contributed by atoms with Crippen LogP contribution in [0.15, 0.2) is 0 Å². The molecule has 0 saturated heterocycles. The summed E-state index contributed by atoms with van der Waals surface area (Å²) >= 11 is 0. The molecule has 0 radical (unpaired) electrons. The Bertz CT molecular complexity index is 290. The highest BCUT2D eigenvalue weighted by Crippen LogP contribution is 2.49. The first-order valence-electron chi connectivity index (χ1n) is 7.60. The van der Waals surface area contributed by atoms with E-state index in [1.807, 2.05) is 0 Å². The maximum Gasteiger partial charge on any atom is 0.317 e. The Hall–Kier alpha value is -0.610. The summed E-state index contributed by atoms with van der Waals surface area (Å²) in [4.78, 5) is 13.1. The fourth-order valence-electron chi connectivity index (χ4n) is 3.98. The molecule has 0 unspecified atom stereocenters. The molecule has 0 aromatic rings. The Kier molecular flexibility index (Phi) is 5.22. The second-order valence-electron chi connectivity index (χ2n) is 6.30. The maximum absolute atomic E-state index is 11.0. The quantitative estimate of drug-likeness (QED) is 0.805. The van der Waals surface area contributed by atoms with E-state index >= 15 is 0 Å². The van der Waals surface area contributed by atoms with Gasteiger partial charge in [0.2, 0.25) is 0 Å². The molecule has 0 aromatic carbocycles. The van der Waals surface area contributed by atoms with Gasteiger partial charge in [-0.05, 0) is 43.9 Å². The second-order valence-corrected chi connectivity index (χ2v) is 6.30. The molecule has 0 atom stereocenters. The summed E-state index contributed by atoms with van der Waals surface area (Å²) in [5, 5.41) is 9.04. The molecule has 2 saturated carbocycles. The lowest BCUT2D eigenvalue weighted by molar-refractivity contribution is -0.139. The van der Waals surface area contributed by atoms with Crippen LogP contribution in [0.5, 0.6) is 0 Å². The van der Waals surface area contributed by atoms with E-state index in [0.717, 1.165) is 19.4 Å². The molecule has 19 heavy (non-hydrogen) atoms. The number of methoxy groups -OCH3 is 1. The Morgan fingerprint density at radius 2 is 1.89 bits per heavy atom. The van der Waals surface area contributed by atoms with Gasteiger partial charge >= 0.3 is 5.97 Å². The molecule has 4 nitrogen and oxygen atoms in total. The first-order valence-corrected chi connectivity index (χ1v) is 7.60. The third-order valence-corrected chi connectivity index (χ3v) is 5.12. The van der Waals surface area contributed by atoms with Gasteiger partial charge < -0.3 is 9.84 Å². The van der Waals surface area contributed by atoms with Gasteiger partial charge in [-0.2, -0.15) is 0 Å². The summed E-state index contributed by atoms with van der Waals surface area (Å²) < 4.78 is 5.10. The highest BCUT2D eigenvalue weighted by atomic mass is 16.5. The van der Waals surface area contributed by atoms with Crippen molar-refractivity contribution < 1.29 is 14.6 Å². The average Bonchev–Trinajstić information content (AvgIpc) is 2.84. The van der Waals surface area contributed by atoms with Crippen molar-refractivity contribution in [1.82, 2.24) is 4.90 Å². The number of carboxylic acid groups (broad SMARTS) is 1. The summed E-state index contributed by atoms with van der Waals surface area (Å²) in [6.07, 6.45) is 10.5. The summed E-state index contributed by atoms with van der Waals surface area (Å²) in [7, 11) is 1.67. The largest absolute Gasteiger partial charge is 0.480 e. The Morgan fingerprint density at radius 1 is 1.26 bits per heavy atom. The minimum absolute atomic E-state index is 0.154. The van der Waals surface area contributed by atoms with Crippen LogP contribution in [0.2, 0.25) is 0 Å². The first-order chi connectivity index (χ1) is 9.15. The van der Waals surface area contributed by atoms with Gasteiger partial charge in [0, 0.05) is 19.7 Å². The van der Waals surface area contributed by atoms with E-state index in [1.54, 1.807) is 7.11 Å². The topological polar surface area (TPSA) is 49.8 Å². The van der Waals surface area contributed by atoms with Crippen LogP contribution in [0.4, 0.5) is 0 Å². The fraction of sp³-hybridized carbons (Fsp3) is 0.933. The lowest BCUT2D eigenvalue weighted by atomic mass is 9.71. The van der Waals surface area contributed by atoms with Crippen LogP contribution in [0.1, 0.15) is 51.4 Å². The van der Waals surface area contributed by atoms with Crippen LogP contribution in [0.3, 0.4) is 0 Å². The Morgan fingerprint density at radius 3 is 2.42 bits per heavy atom. The van der Waals surface area contributed by atoms with Crippen LogP contribution in [0.25, 0.3) is 0 Å². The van der Waals surface area contributed by atoms with Crippen molar-refractivity contribution in [3.05, 3.63) is 0 Å². The van der Waals surface area contributed by atoms with Gasteiger partial charge in [-0.25, -0.2) is 0 Å². The zero-order valence-electron chi connectivity index (χ0n) is 12.1. The highest BCUT2D eigenvalue weighted by Gasteiger charge is 2.38. The zero-order valence-corrected chi connectivity index (χ0v) is 12.1. The normalized spacial score (nSPS) is 23.3. The van der Waals surface area contributed by atoms with Crippen molar-refractivity contribution in [3.63, 3.8) is 0 Å². The van der Waals surface area contributed by atoms with Crippen molar-refractivity contribution in [2.24, 2.45) is 5.41 Å². The summed E-state index contributed by atoms with van der Waals surface area (Å²) in [5.74, 6) is -0.725. The number of hydrogen-bond acceptors (Lipinski definition) is 3. The van der Waals surface area contributed by atoms with Gasteiger partial charge in [0.05, 0.1) is 13.2 Å². The van der Waals surface area contributed by atoms with Crippen molar-refractivity contribution in [2.45, 2.75) is 57.4 Å². The monoisotopic (exact) mass is 269 g/mol. The number of rotatable bonds is 6. The van der Waals surface area contributed by atoms with Gasteiger partial charge in [0.15, 0.2) is 0 Å². The van der Waals surface area contributed by atoms with Crippen LogP contribution in [0, 0.1) is 5.41 Å². The summed E-state index contributed by atoms with van der Waals surface area (Å²) in [6.45, 7) is 1.51. The molecule has 2 fully saturated rings. The molecule has 1 spiro atoms. The van der Waals surface area contributed by atoms with E-state index in [9.17, 15) is 4.79 Å². The van der Waals surface area contributed by atoms with Crippen LogP contribution >= 0.6 is 0 Å². The molecule has 110 valence electrons. The zero-order chi connectivity index (χ0) is 13.7. The molecule has 0 amide bonds. The lowest BCUT2D eigenvalue weighted by Gasteiger charge is -2.41. The number of ether oxygens (including phenoxy) is 1. The molecule has 0 heterocycles. The van der Waals surface area contributed by atoms with E-state index in [0.29, 0.717) is 18.1 Å². The van der Waals surface area contributed by atoms with Gasteiger partial charge in [0.1, 0.15) is 0 Å². The molecule has 0 aliphatic heterocycles. The Labute approximate surface area is 116 Å². The van der Waals surface area contributed by atoms with Crippen LogP contribution in [-0.2, 0) is 9.53 Å². The fourth-order valence-corrected chi connectivity index (χ4v) is 3.98. The number of nitrogens with zero attached hydrogens (tertiary/aromatic N) is 1. The maximum atomic E-state index is 11.0. The van der Waals surface area contributed by atoms with Crippen molar-refractivity contribution in [1.29, 1.82) is 0 Å². The Balaban J connectivity index is 1.86. The van der Waals surface area contributed by atoms with Crippen molar-refractivity contribution in [2.75, 3.05) is 26.8 Å². The molecule has 2 rings (SSSR count). The average molecular weight is 269 g/mol. The third kappa shape index (κ3) is 3.93. The number of carboxylic acids is 1. The SMILES string of the molecule is COCCN(CC(=O)O)C1CCC2(CCCC2)CC1. The minimum Gasteiger partial charge on any atom is -0.480 e. The second kappa shape index (κ2) is 6.71.